The Morgan fingerprint density at radius 3 is 2.32 bits per heavy atom. The minimum atomic E-state index is -0.797. The summed E-state index contributed by atoms with van der Waals surface area (Å²) in [4.78, 5) is 68.5. The number of nitro groups is 1. The lowest BCUT2D eigenvalue weighted by Crippen LogP contribution is -2.30. The topological polar surface area (TPSA) is 137 Å². The summed E-state index contributed by atoms with van der Waals surface area (Å²) in [5.41, 5.74) is 1.68. The van der Waals surface area contributed by atoms with Gasteiger partial charge < -0.3 is 4.74 Å². The predicted octanol–water partition coefficient (Wildman–Crippen LogP) is 6.72. The Morgan fingerprint density at radius 2 is 1.66 bits per heavy atom. The zero-order valence-corrected chi connectivity index (χ0v) is 25.1. The van der Waals surface area contributed by atoms with E-state index >= 15 is 0 Å². The van der Waals surface area contributed by atoms with Crippen molar-refractivity contribution in [2.75, 3.05) is 11.5 Å². The molecule has 2 unspecified atom stereocenters. The van der Waals surface area contributed by atoms with E-state index in [2.05, 4.69) is 15.9 Å². The molecule has 0 spiro atoms. The molecule has 6 rings (SSSR count). The van der Waals surface area contributed by atoms with Gasteiger partial charge in [0.15, 0.2) is 6.61 Å². The van der Waals surface area contributed by atoms with Crippen LogP contribution in [0.3, 0.4) is 0 Å². The van der Waals surface area contributed by atoms with Crippen LogP contribution in [0.5, 0.6) is 0 Å². The summed E-state index contributed by atoms with van der Waals surface area (Å²) < 4.78 is 6.04. The molecule has 10 nitrogen and oxygen atoms in total. The number of benzene rings is 3. The number of carbonyl (C=O) groups excluding carboxylic acids is 4. The van der Waals surface area contributed by atoms with Gasteiger partial charge in [-0.15, -0.1) is 0 Å². The molecule has 0 radical (unpaired) electrons. The highest BCUT2D eigenvalue weighted by atomic mass is 79.9. The first-order valence-corrected chi connectivity index (χ1v) is 14.7. The number of pyridine rings is 1. The van der Waals surface area contributed by atoms with Gasteiger partial charge >= 0.3 is 5.97 Å². The van der Waals surface area contributed by atoms with E-state index in [0.717, 1.165) is 6.07 Å². The number of rotatable bonds is 7. The summed E-state index contributed by atoms with van der Waals surface area (Å²) in [5, 5.41) is 11.6. The van der Waals surface area contributed by atoms with E-state index in [-0.39, 0.29) is 39.8 Å². The van der Waals surface area contributed by atoms with Crippen LogP contribution >= 0.6 is 27.5 Å². The maximum absolute atomic E-state index is 13.3. The van der Waals surface area contributed by atoms with E-state index in [0.29, 0.717) is 45.2 Å². The molecule has 220 valence electrons. The number of hydrogen-bond acceptors (Lipinski definition) is 8. The maximum Gasteiger partial charge on any atom is 0.339 e. The summed E-state index contributed by atoms with van der Waals surface area (Å²) in [6.45, 7) is -0.658. The monoisotopic (exact) mass is 673 g/mol. The summed E-state index contributed by atoms with van der Waals surface area (Å²) in [5.74, 6) is -2.55. The average Bonchev–Trinajstić information content (AvgIpc) is 3.28. The van der Waals surface area contributed by atoms with E-state index in [1.54, 1.807) is 42.5 Å². The standard InChI is InChI=1S/C32H21BrClN3O7/c33-19-8-12-26-23(14-19)24(32(41)44-16-29(38)18-7-11-25(34)28(13-18)37(42)43)15-27(35-26)17-5-9-20(10-6-17)36-30(39)21-3-1-2-4-22(21)31(36)40/h1-2,5-15,21-22H,3-4,16H2. The van der Waals surface area contributed by atoms with Crippen molar-refractivity contribution < 1.29 is 28.8 Å². The molecule has 1 aromatic heterocycles. The number of nitrogens with zero attached hydrogens (tertiary/aromatic N) is 3. The van der Waals surface area contributed by atoms with Crippen molar-refractivity contribution in [3.8, 4) is 11.3 Å². The number of Topliss-reactive ketones (excluding diaryl/α,β-unsaturated/α-hetero) is 1. The van der Waals surface area contributed by atoms with Crippen molar-refractivity contribution in [1.82, 2.24) is 4.98 Å². The predicted molar refractivity (Wildman–Crippen MR) is 165 cm³/mol. The second kappa shape index (κ2) is 11.7. The molecule has 1 saturated heterocycles. The number of ether oxygens (including phenoxy) is 1. The van der Waals surface area contributed by atoms with Gasteiger partial charge in [0.05, 0.1) is 39.2 Å². The SMILES string of the molecule is O=C(COC(=O)c1cc(-c2ccc(N3C(=O)C4CC=CCC4C3=O)cc2)nc2ccc(Br)cc12)c1ccc(Cl)c([N+](=O)[O-])c1. The molecular formula is C32H21BrClN3O7. The Kier molecular flexibility index (Phi) is 7.83. The number of ketones is 1. The molecule has 0 N–H and O–H groups in total. The second-order valence-electron chi connectivity index (χ2n) is 10.4. The third-order valence-electron chi connectivity index (χ3n) is 7.72. The molecule has 2 atom stereocenters. The fourth-order valence-corrected chi connectivity index (χ4v) is 6.02. The lowest BCUT2D eigenvalue weighted by Gasteiger charge is -2.15. The highest BCUT2D eigenvalue weighted by molar-refractivity contribution is 9.10. The van der Waals surface area contributed by atoms with Crippen molar-refractivity contribution >= 4 is 73.4 Å². The molecule has 12 heteroatoms. The highest BCUT2D eigenvalue weighted by Crippen LogP contribution is 2.38. The van der Waals surface area contributed by atoms with Crippen molar-refractivity contribution in [2.24, 2.45) is 11.8 Å². The number of anilines is 1. The molecular weight excluding hydrogens is 654 g/mol. The van der Waals surface area contributed by atoms with Crippen molar-refractivity contribution in [1.29, 1.82) is 0 Å². The first kappa shape index (κ1) is 29.3. The van der Waals surface area contributed by atoms with Gasteiger partial charge in [-0.1, -0.05) is 51.8 Å². The van der Waals surface area contributed by atoms with Gasteiger partial charge in [-0.05, 0) is 61.4 Å². The molecule has 1 aliphatic carbocycles. The lowest BCUT2D eigenvalue weighted by molar-refractivity contribution is -0.384. The number of esters is 1. The number of imide groups is 1. The highest BCUT2D eigenvalue weighted by Gasteiger charge is 2.47. The normalized spacial score (nSPS) is 17.5. The molecule has 44 heavy (non-hydrogen) atoms. The van der Waals surface area contributed by atoms with Crippen molar-refractivity contribution in [3.63, 3.8) is 0 Å². The van der Waals surface area contributed by atoms with Gasteiger partial charge in [-0.2, -0.15) is 0 Å². The van der Waals surface area contributed by atoms with Crippen LogP contribution in [0.15, 0.2) is 83.4 Å². The number of amides is 2. The smallest absolute Gasteiger partial charge is 0.339 e. The van der Waals surface area contributed by atoms with Gasteiger partial charge in [-0.3, -0.25) is 29.4 Å². The molecule has 0 bridgehead atoms. The molecule has 2 amide bonds. The van der Waals surface area contributed by atoms with Gasteiger partial charge in [0, 0.05) is 27.1 Å². The quantitative estimate of drug-likeness (QED) is 0.0526. The molecule has 1 aliphatic heterocycles. The molecule has 1 fully saturated rings. The van der Waals surface area contributed by atoms with Crippen LogP contribution in [-0.4, -0.2) is 40.1 Å². The Hall–Kier alpha value is -4.74. The number of nitro benzene ring substituents is 1. The number of halogens is 2. The van der Waals surface area contributed by atoms with E-state index in [1.807, 2.05) is 12.2 Å². The van der Waals surface area contributed by atoms with Crippen molar-refractivity contribution in [3.05, 3.63) is 110 Å². The van der Waals surface area contributed by atoms with Crippen LogP contribution in [0, 0.1) is 22.0 Å². The number of allylic oxidation sites excluding steroid dienone is 2. The Labute approximate surface area is 263 Å². The Bertz CT molecular complexity index is 1900. The third-order valence-corrected chi connectivity index (χ3v) is 8.53. The van der Waals surface area contributed by atoms with Crippen LogP contribution in [0.1, 0.15) is 33.6 Å². The van der Waals surface area contributed by atoms with Crippen LogP contribution in [0.4, 0.5) is 11.4 Å². The largest absolute Gasteiger partial charge is 0.454 e. The van der Waals surface area contributed by atoms with Gasteiger partial charge in [0.2, 0.25) is 17.6 Å². The van der Waals surface area contributed by atoms with Crippen molar-refractivity contribution in [2.45, 2.75) is 12.8 Å². The Morgan fingerprint density at radius 1 is 0.977 bits per heavy atom. The number of carbonyl (C=O) groups is 4. The molecule has 2 heterocycles. The van der Waals surface area contributed by atoms with E-state index < -0.39 is 29.0 Å². The first-order chi connectivity index (χ1) is 21.1. The Balaban J connectivity index is 1.27. The number of hydrogen-bond donors (Lipinski definition) is 0. The molecule has 4 aromatic rings. The van der Waals surface area contributed by atoms with E-state index in [9.17, 15) is 29.3 Å². The van der Waals surface area contributed by atoms with Crippen LogP contribution in [-0.2, 0) is 14.3 Å². The fourth-order valence-electron chi connectivity index (χ4n) is 5.47. The zero-order chi connectivity index (χ0) is 31.1. The minimum absolute atomic E-state index is 0.0255. The summed E-state index contributed by atoms with van der Waals surface area (Å²) >= 11 is 9.24. The van der Waals surface area contributed by atoms with Crippen LogP contribution in [0.25, 0.3) is 22.2 Å². The molecule has 3 aromatic carbocycles. The summed E-state index contributed by atoms with van der Waals surface area (Å²) in [7, 11) is 0. The van der Waals surface area contributed by atoms with E-state index in [1.165, 1.54) is 23.1 Å². The van der Waals surface area contributed by atoms with Crippen LogP contribution in [0.2, 0.25) is 5.02 Å². The van der Waals surface area contributed by atoms with Gasteiger partial charge in [0.1, 0.15) is 5.02 Å². The van der Waals surface area contributed by atoms with Crippen LogP contribution < -0.4 is 4.90 Å². The molecule has 2 aliphatic rings. The first-order valence-electron chi connectivity index (χ1n) is 13.5. The van der Waals surface area contributed by atoms with Gasteiger partial charge in [0.25, 0.3) is 5.69 Å². The average molecular weight is 675 g/mol. The maximum atomic E-state index is 13.3. The number of aromatic nitrogens is 1. The zero-order valence-electron chi connectivity index (χ0n) is 22.7. The lowest BCUT2D eigenvalue weighted by atomic mass is 9.85. The third kappa shape index (κ3) is 5.40. The van der Waals surface area contributed by atoms with Gasteiger partial charge in [-0.25, -0.2) is 9.78 Å². The summed E-state index contributed by atoms with van der Waals surface area (Å²) in [6.07, 6.45) is 4.96. The minimum Gasteiger partial charge on any atom is -0.454 e. The number of fused-ring (bicyclic) bond motifs is 2. The second-order valence-corrected chi connectivity index (χ2v) is 11.7. The summed E-state index contributed by atoms with van der Waals surface area (Å²) in [6, 6.07) is 17.1. The van der Waals surface area contributed by atoms with E-state index in [4.69, 9.17) is 21.3 Å². The fraction of sp³-hybridized carbons (Fsp3) is 0.156. The molecule has 0 saturated carbocycles.